The maximum absolute atomic E-state index is 5.00. The third-order valence-corrected chi connectivity index (χ3v) is 13.2. The first-order valence-corrected chi connectivity index (χ1v) is 21.4. The van der Waals surface area contributed by atoms with Crippen LogP contribution in [0.5, 0.6) is 0 Å². The Morgan fingerprint density at radius 1 is 0.429 bits per heavy atom. The number of hydrogen-bond acceptors (Lipinski definition) is 3. The number of nitrogens with zero attached hydrogens (tertiary/aromatic N) is 2. The first kappa shape index (κ1) is 40.1. The average molecular weight is 759 g/mol. The second kappa shape index (κ2) is 13.5. The molecule has 56 heavy (non-hydrogen) atoms. The molecule has 0 amide bonds. The zero-order chi connectivity index (χ0) is 40.9. The fourth-order valence-corrected chi connectivity index (χ4v) is 9.43. The van der Waals surface area contributed by atoms with E-state index >= 15 is 0 Å². The highest BCUT2D eigenvalue weighted by Gasteiger charge is 2.42. The van der Waals surface area contributed by atoms with Crippen molar-refractivity contribution in [2.75, 3.05) is 9.80 Å². The molecule has 2 aliphatic rings. The van der Waals surface area contributed by atoms with Gasteiger partial charge in [-0.1, -0.05) is 153 Å². The van der Waals surface area contributed by atoms with Gasteiger partial charge in [0.05, 0.1) is 0 Å². The minimum atomic E-state index is -0.102. The van der Waals surface area contributed by atoms with Gasteiger partial charge >= 0.3 is 0 Å². The van der Waals surface area contributed by atoms with Crippen LogP contribution in [-0.4, -0.2) is 5.99 Å². The second-order valence-corrected chi connectivity index (χ2v) is 22.5. The lowest BCUT2D eigenvalue weighted by Crippen LogP contribution is -2.51. The number of fused-ring (bicyclic) bond motifs is 3. The van der Waals surface area contributed by atoms with E-state index in [1.165, 1.54) is 72.0 Å². The van der Waals surface area contributed by atoms with Gasteiger partial charge in [-0.25, -0.2) is 0 Å². The highest BCUT2D eigenvalue weighted by atomic mass is 32.2. The van der Waals surface area contributed by atoms with Crippen LogP contribution in [0.2, 0.25) is 0 Å². The van der Waals surface area contributed by atoms with E-state index in [1.54, 1.807) is 0 Å². The van der Waals surface area contributed by atoms with Crippen LogP contribution in [0.3, 0.4) is 0 Å². The standard InChI is InChI=1S/C52H63BN2S/c1-33-41-29-36(50(8,9)10)22-28-46(41)56-53-42-30-37(51(11,12)13)21-27-43(42)55(40-25-19-35(20-26-40)49(5,6)7)45-32-38(52(14,15)16)31-44(47(45)53)54(33)39-23-17-34(18-24-39)48(2,3)4/h17-32H,1H2,2-16H3. The van der Waals surface area contributed by atoms with E-state index in [2.05, 4.69) is 211 Å². The van der Waals surface area contributed by atoms with Crippen LogP contribution < -0.4 is 20.7 Å². The normalized spacial score (nSPS) is 14.9. The van der Waals surface area contributed by atoms with Crippen LogP contribution in [0.15, 0.2) is 109 Å². The van der Waals surface area contributed by atoms with Crippen molar-refractivity contribution in [1.82, 2.24) is 0 Å². The molecule has 4 heteroatoms. The largest absolute Gasteiger partial charge is 0.311 e. The third-order valence-electron chi connectivity index (χ3n) is 11.8. The Morgan fingerprint density at radius 2 is 0.839 bits per heavy atom. The van der Waals surface area contributed by atoms with E-state index < -0.39 is 0 Å². The van der Waals surface area contributed by atoms with Crippen LogP contribution in [0, 0.1) is 0 Å². The Labute approximate surface area is 343 Å². The Hall–Kier alpha value is -4.15. The van der Waals surface area contributed by atoms with Gasteiger partial charge in [0, 0.05) is 44.6 Å². The fraction of sp³-hybridized carbons (Fsp3) is 0.385. The molecule has 0 fully saturated rings. The van der Waals surface area contributed by atoms with Gasteiger partial charge in [0.2, 0.25) is 0 Å². The Morgan fingerprint density at radius 3 is 1.32 bits per heavy atom. The van der Waals surface area contributed by atoms with E-state index in [9.17, 15) is 0 Å². The lowest BCUT2D eigenvalue weighted by molar-refractivity contribution is 0.589. The summed E-state index contributed by atoms with van der Waals surface area (Å²) in [5.41, 5.74) is 17.5. The zero-order valence-corrected chi connectivity index (χ0v) is 37.6. The van der Waals surface area contributed by atoms with Crippen LogP contribution in [0.1, 0.15) is 137 Å². The van der Waals surface area contributed by atoms with Crippen molar-refractivity contribution in [3.63, 3.8) is 0 Å². The smallest absolute Gasteiger partial charge is 0.287 e. The maximum atomic E-state index is 5.00. The lowest BCUT2D eigenvalue weighted by Gasteiger charge is -2.43. The summed E-state index contributed by atoms with van der Waals surface area (Å²) in [5, 5.41) is 0. The molecule has 0 atom stereocenters. The first-order valence-electron chi connectivity index (χ1n) is 20.5. The molecule has 5 aromatic carbocycles. The van der Waals surface area contributed by atoms with Crippen LogP contribution in [0.25, 0.3) is 5.70 Å². The van der Waals surface area contributed by atoms with Crippen molar-refractivity contribution in [1.29, 1.82) is 0 Å². The molecule has 0 bridgehead atoms. The maximum Gasteiger partial charge on any atom is 0.287 e. The monoisotopic (exact) mass is 758 g/mol. The van der Waals surface area contributed by atoms with E-state index in [1.807, 2.05) is 11.6 Å². The van der Waals surface area contributed by atoms with Gasteiger partial charge in [0.1, 0.15) is 0 Å². The summed E-state index contributed by atoms with van der Waals surface area (Å²) in [6, 6.07) is 37.9. The molecule has 7 rings (SSSR count). The highest BCUT2D eigenvalue weighted by molar-refractivity contribution is 8.28. The van der Waals surface area contributed by atoms with Crippen molar-refractivity contribution < 1.29 is 0 Å². The summed E-state index contributed by atoms with van der Waals surface area (Å²) in [4.78, 5) is 6.29. The number of benzene rings is 5. The molecule has 2 aliphatic heterocycles. The number of anilines is 5. The molecule has 0 saturated heterocycles. The fourth-order valence-electron chi connectivity index (χ4n) is 8.05. The van der Waals surface area contributed by atoms with Gasteiger partial charge < -0.3 is 9.80 Å². The first-order chi connectivity index (χ1) is 25.8. The predicted octanol–water partition coefficient (Wildman–Crippen LogP) is 14.0. The summed E-state index contributed by atoms with van der Waals surface area (Å²) < 4.78 is 0. The molecular formula is C52H63BN2S. The van der Waals surface area contributed by atoms with Gasteiger partial charge in [-0.05, 0) is 120 Å². The summed E-state index contributed by atoms with van der Waals surface area (Å²) in [6.07, 6.45) is 0. The molecule has 0 spiro atoms. The van der Waals surface area contributed by atoms with E-state index in [4.69, 9.17) is 6.58 Å². The van der Waals surface area contributed by atoms with Gasteiger partial charge in [0.15, 0.2) is 0 Å². The Bertz CT molecular complexity index is 2310. The Kier molecular flexibility index (Phi) is 9.64. The van der Waals surface area contributed by atoms with Crippen LogP contribution >= 0.6 is 11.6 Å². The topological polar surface area (TPSA) is 6.48 Å². The summed E-state index contributed by atoms with van der Waals surface area (Å²) in [6.45, 7) is 39.7. The van der Waals surface area contributed by atoms with Gasteiger partial charge in [-0.3, -0.25) is 0 Å². The molecule has 5 aromatic rings. The molecular weight excluding hydrogens is 695 g/mol. The van der Waals surface area contributed by atoms with Crippen molar-refractivity contribution in [3.8, 4) is 0 Å². The van der Waals surface area contributed by atoms with Crippen molar-refractivity contribution in [3.05, 3.63) is 137 Å². The van der Waals surface area contributed by atoms with Gasteiger partial charge in [-0.15, -0.1) is 0 Å². The van der Waals surface area contributed by atoms with Crippen LogP contribution in [0.4, 0.5) is 28.4 Å². The molecule has 0 radical (unpaired) electrons. The van der Waals surface area contributed by atoms with Crippen molar-refractivity contribution >= 4 is 62.7 Å². The van der Waals surface area contributed by atoms with E-state index in [-0.39, 0.29) is 33.1 Å². The Balaban J connectivity index is 1.61. The second-order valence-electron chi connectivity index (χ2n) is 21.4. The summed E-state index contributed by atoms with van der Waals surface area (Å²) in [5.74, 6) is 0.0418. The minimum Gasteiger partial charge on any atom is -0.311 e. The number of hydrogen-bond donors (Lipinski definition) is 0. The molecule has 0 aromatic heterocycles. The molecule has 2 heterocycles. The van der Waals surface area contributed by atoms with Crippen molar-refractivity contribution in [2.24, 2.45) is 0 Å². The molecule has 0 saturated carbocycles. The highest BCUT2D eigenvalue weighted by Crippen LogP contribution is 2.49. The quantitative estimate of drug-likeness (QED) is 0.166. The summed E-state index contributed by atoms with van der Waals surface area (Å²) in [7, 11) is 0. The SMILES string of the molecule is C=C1c2cc(C(C)(C)C)ccc2SB2c3cc(C(C)(C)C)ccc3N(c3ccc(C(C)(C)C)cc3)c3cc(C(C)(C)C)cc(c32)N1c1ccc(C(C)(C)C)cc1. The molecule has 290 valence electrons. The van der Waals surface area contributed by atoms with Gasteiger partial charge in [-0.2, -0.15) is 11.6 Å². The molecule has 0 aliphatic carbocycles. The lowest BCUT2D eigenvalue weighted by atomic mass is 9.56. The van der Waals surface area contributed by atoms with E-state index in [0.717, 1.165) is 11.4 Å². The third kappa shape index (κ3) is 7.28. The van der Waals surface area contributed by atoms with Crippen LogP contribution in [-0.2, 0) is 27.1 Å². The summed E-state index contributed by atoms with van der Waals surface area (Å²) >= 11 is 1.99. The zero-order valence-electron chi connectivity index (χ0n) is 36.8. The van der Waals surface area contributed by atoms with Gasteiger partial charge in [0.25, 0.3) is 5.99 Å². The van der Waals surface area contributed by atoms with E-state index in [0.29, 0.717) is 0 Å². The average Bonchev–Trinajstić information content (AvgIpc) is 3.09. The molecule has 2 nitrogen and oxygen atoms in total. The number of rotatable bonds is 2. The minimum absolute atomic E-state index is 0.00561. The molecule has 0 N–H and O–H groups in total. The van der Waals surface area contributed by atoms with Crippen molar-refractivity contribution in [2.45, 2.75) is 136 Å². The molecule has 0 unspecified atom stereocenters. The predicted molar refractivity (Wildman–Crippen MR) is 250 cm³/mol.